The van der Waals surface area contributed by atoms with E-state index in [1.54, 1.807) is 0 Å². The number of alkyl halides is 1. The Bertz CT molecular complexity index is 443. The average molecular weight is 326 g/mol. The molecule has 0 bridgehead atoms. The van der Waals surface area contributed by atoms with Gasteiger partial charge in [0.25, 0.3) is 5.69 Å². The molecule has 17 heavy (non-hydrogen) atoms. The quantitative estimate of drug-likeness (QED) is 0.380. The molecule has 0 aliphatic carbocycles. The number of halogens is 2. The number of aliphatic hydroxyl groups excluding tert-OH is 2. The molecule has 8 heteroatoms. The summed E-state index contributed by atoms with van der Waals surface area (Å²) < 4.78 is 0. The molecular weight excluding hydrogens is 315 g/mol. The summed E-state index contributed by atoms with van der Waals surface area (Å²) in [4.78, 5) is 13.9. The standard InChI is InChI=1S/C9H10BrClN2O4/c1-4-6(13(16)17)2-5(9(11)12-4)8(15)7(14)3-10/h2,7-8,14-15H,3H2,1H3. The van der Waals surface area contributed by atoms with Gasteiger partial charge in [-0.2, -0.15) is 0 Å². The maximum atomic E-state index is 10.7. The second-order valence-electron chi connectivity index (χ2n) is 3.40. The van der Waals surface area contributed by atoms with Crippen molar-refractivity contribution in [3.63, 3.8) is 0 Å². The normalized spacial score (nSPS) is 14.4. The predicted octanol–water partition coefficient (Wildman–Crippen LogP) is 1.74. The minimum atomic E-state index is -1.33. The Kier molecular flexibility index (Phi) is 4.81. The van der Waals surface area contributed by atoms with E-state index in [0.717, 1.165) is 6.07 Å². The summed E-state index contributed by atoms with van der Waals surface area (Å²) in [5.74, 6) is 0. The molecule has 1 heterocycles. The molecular formula is C9H10BrClN2O4. The summed E-state index contributed by atoms with van der Waals surface area (Å²) in [5, 5.41) is 30.0. The second-order valence-corrected chi connectivity index (χ2v) is 4.40. The van der Waals surface area contributed by atoms with Crippen LogP contribution in [0.2, 0.25) is 5.15 Å². The number of pyridine rings is 1. The Labute approximate surface area is 111 Å². The lowest BCUT2D eigenvalue weighted by Gasteiger charge is -2.16. The molecule has 1 rings (SSSR count). The molecule has 0 fully saturated rings. The summed E-state index contributed by atoms with van der Waals surface area (Å²) in [6, 6.07) is 1.13. The van der Waals surface area contributed by atoms with Gasteiger partial charge in [0.1, 0.15) is 17.0 Å². The fourth-order valence-corrected chi connectivity index (χ4v) is 1.91. The van der Waals surface area contributed by atoms with Gasteiger partial charge in [-0.3, -0.25) is 10.1 Å². The molecule has 0 spiro atoms. The summed E-state index contributed by atoms with van der Waals surface area (Å²) in [5.41, 5.74) is -0.0505. The van der Waals surface area contributed by atoms with Crippen LogP contribution in [0.4, 0.5) is 5.69 Å². The van der Waals surface area contributed by atoms with E-state index >= 15 is 0 Å². The van der Waals surface area contributed by atoms with E-state index in [0.29, 0.717) is 0 Å². The molecule has 1 aromatic rings. The van der Waals surface area contributed by atoms with Crippen LogP contribution in [0.5, 0.6) is 0 Å². The van der Waals surface area contributed by atoms with Gasteiger partial charge >= 0.3 is 0 Å². The van der Waals surface area contributed by atoms with Crippen LogP contribution in [0.25, 0.3) is 0 Å². The number of rotatable bonds is 4. The third-order valence-corrected chi connectivity index (χ3v) is 3.17. The molecule has 0 aliphatic heterocycles. The zero-order valence-corrected chi connectivity index (χ0v) is 11.1. The molecule has 94 valence electrons. The van der Waals surface area contributed by atoms with Gasteiger partial charge in [-0.05, 0) is 6.92 Å². The molecule has 2 atom stereocenters. The van der Waals surface area contributed by atoms with Crippen molar-refractivity contribution in [2.24, 2.45) is 0 Å². The van der Waals surface area contributed by atoms with Gasteiger partial charge in [-0.15, -0.1) is 0 Å². The predicted molar refractivity (Wildman–Crippen MR) is 65.4 cm³/mol. The zero-order valence-electron chi connectivity index (χ0n) is 8.80. The van der Waals surface area contributed by atoms with Crippen molar-refractivity contribution < 1.29 is 15.1 Å². The van der Waals surface area contributed by atoms with Crippen LogP contribution in [-0.2, 0) is 0 Å². The molecule has 0 aliphatic rings. The van der Waals surface area contributed by atoms with E-state index in [9.17, 15) is 20.3 Å². The van der Waals surface area contributed by atoms with E-state index in [4.69, 9.17) is 11.6 Å². The number of hydrogen-bond donors (Lipinski definition) is 2. The van der Waals surface area contributed by atoms with E-state index in [1.165, 1.54) is 6.92 Å². The van der Waals surface area contributed by atoms with Gasteiger partial charge in [0.2, 0.25) is 0 Å². The minimum Gasteiger partial charge on any atom is -0.389 e. The van der Waals surface area contributed by atoms with Crippen molar-refractivity contribution in [3.05, 3.63) is 32.6 Å². The van der Waals surface area contributed by atoms with Crippen LogP contribution in [0.15, 0.2) is 6.07 Å². The maximum absolute atomic E-state index is 10.7. The van der Waals surface area contributed by atoms with Crippen LogP contribution in [0.3, 0.4) is 0 Å². The monoisotopic (exact) mass is 324 g/mol. The number of nitrogens with zero attached hydrogens (tertiary/aromatic N) is 2. The van der Waals surface area contributed by atoms with Crippen LogP contribution < -0.4 is 0 Å². The Morgan fingerprint density at radius 1 is 1.65 bits per heavy atom. The van der Waals surface area contributed by atoms with Crippen LogP contribution in [0, 0.1) is 17.0 Å². The Morgan fingerprint density at radius 3 is 2.71 bits per heavy atom. The molecule has 0 saturated heterocycles. The van der Waals surface area contributed by atoms with Gasteiger partial charge in [0, 0.05) is 17.0 Å². The highest BCUT2D eigenvalue weighted by Crippen LogP contribution is 2.29. The topological polar surface area (TPSA) is 96.5 Å². The largest absolute Gasteiger partial charge is 0.389 e. The summed E-state index contributed by atoms with van der Waals surface area (Å²) >= 11 is 8.77. The van der Waals surface area contributed by atoms with Crippen molar-refractivity contribution in [1.82, 2.24) is 4.98 Å². The third kappa shape index (κ3) is 3.12. The molecule has 1 aromatic heterocycles. The Morgan fingerprint density at radius 2 is 2.24 bits per heavy atom. The highest BCUT2D eigenvalue weighted by molar-refractivity contribution is 9.09. The highest BCUT2D eigenvalue weighted by Gasteiger charge is 2.25. The first-order valence-electron chi connectivity index (χ1n) is 4.62. The lowest BCUT2D eigenvalue weighted by Crippen LogP contribution is -2.20. The minimum absolute atomic E-state index is 0.0379. The first-order chi connectivity index (χ1) is 7.88. The van der Waals surface area contributed by atoms with Gasteiger partial charge in [0.05, 0.1) is 11.0 Å². The van der Waals surface area contributed by atoms with Crippen molar-refractivity contribution in [1.29, 1.82) is 0 Å². The Hall–Kier alpha value is -0.760. The SMILES string of the molecule is Cc1nc(Cl)c(C(O)C(O)CBr)cc1[N+](=O)[O-]. The second kappa shape index (κ2) is 5.72. The van der Waals surface area contributed by atoms with Gasteiger partial charge < -0.3 is 10.2 Å². The smallest absolute Gasteiger partial charge is 0.290 e. The zero-order chi connectivity index (χ0) is 13.2. The highest BCUT2D eigenvalue weighted by atomic mass is 79.9. The number of aromatic nitrogens is 1. The van der Waals surface area contributed by atoms with Crippen LogP contribution in [0.1, 0.15) is 17.4 Å². The number of aliphatic hydroxyl groups is 2. The van der Waals surface area contributed by atoms with E-state index in [1.807, 2.05) is 0 Å². The first kappa shape index (κ1) is 14.3. The Balaban J connectivity index is 3.24. The molecule has 2 unspecified atom stereocenters. The van der Waals surface area contributed by atoms with E-state index < -0.39 is 17.1 Å². The van der Waals surface area contributed by atoms with Crippen molar-refractivity contribution in [2.75, 3.05) is 5.33 Å². The van der Waals surface area contributed by atoms with Crippen LogP contribution >= 0.6 is 27.5 Å². The first-order valence-corrected chi connectivity index (χ1v) is 6.12. The van der Waals surface area contributed by atoms with Gasteiger partial charge in [-0.25, -0.2) is 4.98 Å². The van der Waals surface area contributed by atoms with E-state index in [-0.39, 0.29) is 27.4 Å². The molecule has 0 radical (unpaired) electrons. The summed E-state index contributed by atoms with van der Waals surface area (Å²) in [6.07, 6.45) is -2.44. The molecule has 0 saturated carbocycles. The number of aryl methyl sites for hydroxylation is 1. The molecule has 0 aromatic carbocycles. The molecule has 6 nitrogen and oxygen atoms in total. The van der Waals surface area contributed by atoms with E-state index in [2.05, 4.69) is 20.9 Å². The van der Waals surface area contributed by atoms with Crippen molar-refractivity contribution in [3.8, 4) is 0 Å². The third-order valence-electron chi connectivity index (χ3n) is 2.20. The van der Waals surface area contributed by atoms with Gasteiger partial charge in [-0.1, -0.05) is 27.5 Å². The van der Waals surface area contributed by atoms with Gasteiger partial charge in [0.15, 0.2) is 0 Å². The fraction of sp³-hybridized carbons (Fsp3) is 0.444. The lowest BCUT2D eigenvalue weighted by atomic mass is 10.1. The lowest BCUT2D eigenvalue weighted by molar-refractivity contribution is -0.385. The fourth-order valence-electron chi connectivity index (χ4n) is 1.26. The summed E-state index contributed by atoms with van der Waals surface area (Å²) in [7, 11) is 0. The number of hydrogen-bond acceptors (Lipinski definition) is 5. The maximum Gasteiger partial charge on any atom is 0.290 e. The number of nitro groups is 1. The summed E-state index contributed by atoms with van der Waals surface area (Å²) in [6.45, 7) is 1.45. The van der Waals surface area contributed by atoms with Crippen LogP contribution in [-0.4, -0.2) is 31.6 Å². The van der Waals surface area contributed by atoms with Crippen molar-refractivity contribution in [2.45, 2.75) is 19.1 Å². The van der Waals surface area contributed by atoms with Crippen molar-refractivity contribution >= 4 is 33.2 Å². The average Bonchev–Trinajstić information content (AvgIpc) is 2.26. The molecule has 0 amide bonds. The molecule has 2 N–H and O–H groups in total.